The zero-order chi connectivity index (χ0) is 17.2. The lowest BCUT2D eigenvalue weighted by molar-refractivity contribution is 0.131. The van der Waals surface area contributed by atoms with Gasteiger partial charge in [-0.1, -0.05) is 53.6 Å². The number of rotatable bonds is 4. The van der Waals surface area contributed by atoms with Crippen molar-refractivity contribution in [2.45, 2.75) is 30.8 Å². The summed E-state index contributed by atoms with van der Waals surface area (Å²) < 4.78 is 5.49. The molecule has 25 heavy (non-hydrogen) atoms. The predicted octanol–water partition coefficient (Wildman–Crippen LogP) is 4.37. The number of fused-ring (bicyclic) bond motifs is 3. The van der Waals surface area contributed by atoms with E-state index in [9.17, 15) is 4.79 Å². The predicted molar refractivity (Wildman–Crippen MR) is 94.2 cm³/mol. The summed E-state index contributed by atoms with van der Waals surface area (Å²) in [5.41, 5.74) is 13.2. The van der Waals surface area contributed by atoms with Crippen molar-refractivity contribution in [2.24, 2.45) is 5.11 Å². The van der Waals surface area contributed by atoms with Crippen LogP contribution in [0.2, 0.25) is 0 Å². The maximum Gasteiger partial charge on any atom is 0.407 e. The molecule has 0 unspecified atom stereocenters. The first kappa shape index (κ1) is 15.5. The molecule has 1 saturated carbocycles. The van der Waals surface area contributed by atoms with Crippen LogP contribution in [0.25, 0.3) is 21.6 Å². The normalized spacial score (nSPS) is 20.6. The Morgan fingerprint density at radius 1 is 1.12 bits per heavy atom. The van der Waals surface area contributed by atoms with E-state index in [4.69, 9.17) is 10.3 Å². The minimum Gasteiger partial charge on any atom is -0.449 e. The zero-order valence-corrected chi connectivity index (χ0v) is 13.6. The molecule has 1 fully saturated rings. The van der Waals surface area contributed by atoms with Crippen LogP contribution in [0.4, 0.5) is 4.79 Å². The summed E-state index contributed by atoms with van der Waals surface area (Å²) in [6.45, 7) is 0.312. The number of hydrogen-bond acceptors (Lipinski definition) is 3. The van der Waals surface area contributed by atoms with E-state index >= 15 is 0 Å². The highest BCUT2D eigenvalue weighted by Crippen LogP contribution is 2.44. The molecular weight excluding hydrogens is 316 g/mol. The van der Waals surface area contributed by atoms with Crippen LogP contribution in [0.3, 0.4) is 0 Å². The fourth-order valence-electron chi connectivity index (χ4n) is 3.68. The molecule has 0 atom stereocenters. The molecule has 2 aromatic carbocycles. The second-order valence-corrected chi connectivity index (χ2v) is 6.50. The Hall–Kier alpha value is -2.98. The third-order valence-electron chi connectivity index (χ3n) is 4.99. The minimum atomic E-state index is -0.411. The van der Waals surface area contributed by atoms with Crippen molar-refractivity contribution in [3.05, 3.63) is 70.1 Å². The number of carbonyl (C=O) groups excluding carboxylic acids is 1. The van der Waals surface area contributed by atoms with Crippen molar-refractivity contribution in [1.82, 2.24) is 5.32 Å². The maximum atomic E-state index is 12.1. The quantitative estimate of drug-likeness (QED) is 0.511. The number of benzene rings is 2. The van der Waals surface area contributed by atoms with Crippen LogP contribution < -0.4 is 5.32 Å². The van der Waals surface area contributed by atoms with Crippen molar-refractivity contribution >= 4 is 6.09 Å². The summed E-state index contributed by atoms with van der Waals surface area (Å²) in [4.78, 5) is 14.8. The van der Waals surface area contributed by atoms with E-state index in [1.165, 1.54) is 22.3 Å². The van der Waals surface area contributed by atoms with Gasteiger partial charge in [0, 0.05) is 22.9 Å². The van der Waals surface area contributed by atoms with Gasteiger partial charge in [-0.2, -0.15) is 0 Å². The van der Waals surface area contributed by atoms with Gasteiger partial charge < -0.3 is 10.1 Å². The average molecular weight is 334 g/mol. The molecule has 6 nitrogen and oxygen atoms in total. The summed E-state index contributed by atoms with van der Waals surface area (Å²) in [7, 11) is 0. The van der Waals surface area contributed by atoms with Crippen LogP contribution in [-0.4, -0.2) is 24.8 Å². The van der Waals surface area contributed by atoms with Crippen molar-refractivity contribution in [2.75, 3.05) is 6.61 Å². The van der Waals surface area contributed by atoms with Crippen LogP contribution in [0.1, 0.15) is 29.9 Å². The smallest absolute Gasteiger partial charge is 0.407 e. The first-order chi connectivity index (χ1) is 12.3. The Bertz CT molecular complexity index is 809. The molecule has 1 N–H and O–H groups in total. The SMILES string of the molecule is [N-]=[N+]=NC1CC(NC(=O)OCC2c3ccccc3-c3ccccc32)C1. The Morgan fingerprint density at radius 2 is 1.72 bits per heavy atom. The van der Waals surface area contributed by atoms with Crippen LogP contribution >= 0.6 is 0 Å². The fraction of sp³-hybridized carbons (Fsp3) is 0.316. The summed E-state index contributed by atoms with van der Waals surface area (Å²) in [6, 6.07) is 16.5. The lowest BCUT2D eigenvalue weighted by Gasteiger charge is -2.32. The molecule has 2 aliphatic carbocycles. The molecule has 0 radical (unpaired) electrons. The van der Waals surface area contributed by atoms with Gasteiger partial charge in [0.05, 0.1) is 0 Å². The molecule has 4 rings (SSSR count). The van der Waals surface area contributed by atoms with Gasteiger partial charge in [0.15, 0.2) is 0 Å². The van der Waals surface area contributed by atoms with Gasteiger partial charge in [0.2, 0.25) is 0 Å². The third kappa shape index (κ3) is 2.92. The van der Waals surface area contributed by atoms with Gasteiger partial charge in [-0.3, -0.25) is 0 Å². The van der Waals surface area contributed by atoms with E-state index < -0.39 is 6.09 Å². The lowest BCUT2D eigenvalue weighted by Crippen LogP contribution is -2.46. The number of alkyl carbamates (subject to hydrolysis) is 1. The van der Waals surface area contributed by atoms with Crippen molar-refractivity contribution in [3.8, 4) is 11.1 Å². The molecule has 0 saturated heterocycles. The Morgan fingerprint density at radius 3 is 2.32 bits per heavy atom. The number of azide groups is 1. The van der Waals surface area contributed by atoms with Crippen molar-refractivity contribution in [1.29, 1.82) is 0 Å². The molecule has 2 aliphatic rings. The number of amides is 1. The molecular formula is C19H18N4O2. The first-order valence-electron chi connectivity index (χ1n) is 8.42. The minimum absolute atomic E-state index is 0.0103. The molecule has 6 heteroatoms. The van der Waals surface area contributed by atoms with Gasteiger partial charge in [-0.25, -0.2) is 4.79 Å². The second kappa shape index (κ2) is 6.49. The van der Waals surface area contributed by atoms with E-state index in [2.05, 4.69) is 39.6 Å². The summed E-state index contributed by atoms with van der Waals surface area (Å²) in [5, 5.41) is 6.47. The highest BCUT2D eigenvalue weighted by molar-refractivity contribution is 5.79. The summed E-state index contributed by atoms with van der Waals surface area (Å²) in [6.07, 6.45) is 0.939. The monoisotopic (exact) mass is 334 g/mol. The number of nitrogens with zero attached hydrogens (tertiary/aromatic N) is 3. The molecule has 1 amide bonds. The van der Waals surface area contributed by atoms with Crippen LogP contribution in [0, 0.1) is 0 Å². The Kier molecular flexibility index (Phi) is 4.04. The Balaban J connectivity index is 1.40. The van der Waals surface area contributed by atoms with Crippen molar-refractivity contribution < 1.29 is 9.53 Å². The van der Waals surface area contributed by atoms with E-state index in [-0.39, 0.29) is 18.0 Å². The highest BCUT2D eigenvalue weighted by Gasteiger charge is 2.31. The molecule has 126 valence electrons. The van der Waals surface area contributed by atoms with Crippen LogP contribution in [0.5, 0.6) is 0 Å². The number of ether oxygens (including phenoxy) is 1. The molecule has 0 bridgehead atoms. The van der Waals surface area contributed by atoms with Gasteiger partial charge in [0.25, 0.3) is 0 Å². The summed E-state index contributed by atoms with van der Waals surface area (Å²) >= 11 is 0. The third-order valence-corrected chi connectivity index (χ3v) is 4.99. The number of nitrogens with one attached hydrogen (secondary N) is 1. The van der Waals surface area contributed by atoms with Crippen LogP contribution in [-0.2, 0) is 4.74 Å². The van der Waals surface area contributed by atoms with E-state index in [1.807, 2.05) is 24.3 Å². The van der Waals surface area contributed by atoms with Gasteiger partial charge in [-0.05, 0) is 40.6 Å². The van der Waals surface area contributed by atoms with Gasteiger partial charge in [-0.15, -0.1) is 0 Å². The van der Waals surface area contributed by atoms with Gasteiger partial charge >= 0.3 is 6.09 Å². The molecule has 0 aliphatic heterocycles. The second-order valence-electron chi connectivity index (χ2n) is 6.50. The largest absolute Gasteiger partial charge is 0.449 e. The Labute approximate surface area is 145 Å². The number of carbonyl (C=O) groups is 1. The average Bonchev–Trinajstić information content (AvgIpc) is 2.92. The lowest BCUT2D eigenvalue weighted by atomic mass is 9.88. The summed E-state index contributed by atoms with van der Waals surface area (Å²) in [5.74, 6) is 0.0653. The fourth-order valence-corrected chi connectivity index (χ4v) is 3.68. The van der Waals surface area contributed by atoms with E-state index in [1.54, 1.807) is 0 Å². The first-order valence-corrected chi connectivity index (χ1v) is 8.42. The van der Waals surface area contributed by atoms with E-state index in [0.717, 1.165) is 0 Å². The van der Waals surface area contributed by atoms with Crippen LogP contribution in [0.15, 0.2) is 53.6 Å². The van der Waals surface area contributed by atoms with E-state index in [0.29, 0.717) is 19.4 Å². The van der Waals surface area contributed by atoms with Gasteiger partial charge in [0.1, 0.15) is 6.61 Å². The van der Waals surface area contributed by atoms with Crippen molar-refractivity contribution in [3.63, 3.8) is 0 Å². The standard InChI is InChI=1S/C19H18N4O2/c20-23-22-13-9-12(10-13)21-19(24)25-11-18-16-7-3-1-5-14(16)15-6-2-4-8-17(15)18/h1-8,12-13,18H,9-11H2,(H,21,24). The molecule has 2 aromatic rings. The number of hydrogen-bond donors (Lipinski definition) is 1. The highest BCUT2D eigenvalue weighted by atomic mass is 16.5. The topological polar surface area (TPSA) is 87.1 Å². The zero-order valence-electron chi connectivity index (χ0n) is 13.6. The molecule has 0 aromatic heterocycles. The molecule has 0 spiro atoms. The molecule has 0 heterocycles. The maximum absolute atomic E-state index is 12.1.